The molecule has 1 N–H and O–H groups in total. The minimum absolute atomic E-state index is 0.182. The first-order chi connectivity index (χ1) is 17.4. The fraction of sp³-hybridized carbons (Fsp3) is 0.200. The van der Waals surface area contributed by atoms with E-state index in [1.165, 1.54) is 30.3 Å². The van der Waals surface area contributed by atoms with Crippen LogP contribution in [0.1, 0.15) is 34.9 Å². The molecule has 190 valence electrons. The van der Waals surface area contributed by atoms with Crippen LogP contribution >= 0.6 is 0 Å². The predicted molar refractivity (Wildman–Crippen MR) is 118 cm³/mol. The molecule has 0 fully saturated rings. The summed E-state index contributed by atoms with van der Waals surface area (Å²) in [7, 11) is 0. The summed E-state index contributed by atoms with van der Waals surface area (Å²) in [6.07, 6.45) is 1.96. The number of tetrazole rings is 1. The maximum Gasteiger partial charge on any atom is 0.323 e. The molecular weight excluding hydrogens is 500 g/mol. The Labute approximate surface area is 206 Å². The largest absolute Gasteiger partial charge is 0.377 e. The summed E-state index contributed by atoms with van der Waals surface area (Å²) in [4.78, 5) is 3.71. The van der Waals surface area contributed by atoms with Crippen LogP contribution in [0, 0.1) is 23.5 Å². The van der Waals surface area contributed by atoms with Crippen molar-refractivity contribution in [3.63, 3.8) is 0 Å². The number of nitrogens with zero attached hydrogens (tertiary/aromatic N) is 5. The Morgan fingerprint density at radius 2 is 1.59 bits per heavy atom. The van der Waals surface area contributed by atoms with Gasteiger partial charge in [0, 0.05) is 41.4 Å². The minimum Gasteiger partial charge on any atom is -0.377 e. The van der Waals surface area contributed by atoms with Gasteiger partial charge in [-0.1, -0.05) is 24.0 Å². The lowest BCUT2D eigenvalue weighted by Crippen LogP contribution is -2.48. The van der Waals surface area contributed by atoms with Crippen LogP contribution in [0.2, 0.25) is 0 Å². The van der Waals surface area contributed by atoms with E-state index in [0.29, 0.717) is 17.7 Å². The molecule has 2 aromatic heterocycles. The molecule has 0 radical (unpaired) electrons. The van der Waals surface area contributed by atoms with E-state index in [4.69, 9.17) is 0 Å². The highest BCUT2D eigenvalue weighted by Gasteiger charge is 2.58. The first kappa shape index (κ1) is 25.8. The topological polar surface area (TPSA) is 76.7 Å². The fourth-order valence-corrected chi connectivity index (χ4v) is 3.52. The van der Waals surface area contributed by atoms with E-state index < -0.39 is 46.9 Å². The molecule has 1 unspecified atom stereocenters. The molecule has 0 spiro atoms. The molecule has 0 aliphatic heterocycles. The van der Waals surface area contributed by atoms with Crippen molar-refractivity contribution in [1.29, 1.82) is 0 Å². The van der Waals surface area contributed by atoms with Gasteiger partial charge in [0.15, 0.2) is 5.60 Å². The van der Waals surface area contributed by atoms with E-state index in [9.17, 15) is 22.7 Å². The summed E-state index contributed by atoms with van der Waals surface area (Å²) in [5.74, 6) is -4.23. The third-order valence-corrected chi connectivity index (χ3v) is 5.51. The summed E-state index contributed by atoms with van der Waals surface area (Å²) < 4.78 is 86.9. The maximum absolute atomic E-state index is 15.7. The van der Waals surface area contributed by atoms with Gasteiger partial charge in [-0.3, -0.25) is 4.98 Å². The van der Waals surface area contributed by atoms with Crippen LogP contribution in [0.15, 0.2) is 67.1 Å². The SMILES string of the molecule is CC(F)(F)c1ccc(C#Cc2ccc(C(F)(F)C(O)(Cn3cnnn3)c3ccc(F)cc3F)nc2)cc1. The Bertz CT molecular complexity index is 1440. The standard InChI is InChI=1S/C25H17F6N5O/c1-23(28,29)18-7-4-16(5-8-18)2-3-17-6-11-22(32-13-17)25(30,31)24(37,14-36-15-33-34-35-36)20-10-9-19(26)12-21(20)27/h4-13,15,37H,14H2,1H3. The van der Waals surface area contributed by atoms with Crippen molar-refractivity contribution in [2.45, 2.75) is 30.9 Å². The zero-order valence-corrected chi connectivity index (χ0v) is 19.0. The van der Waals surface area contributed by atoms with Crippen LogP contribution in [-0.4, -0.2) is 30.3 Å². The molecule has 0 bridgehead atoms. The molecule has 0 amide bonds. The number of alkyl halides is 4. The Hall–Kier alpha value is -4.24. The van der Waals surface area contributed by atoms with Crippen LogP contribution < -0.4 is 0 Å². The molecule has 12 heteroatoms. The minimum atomic E-state index is -4.20. The molecule has 0 aliphatic carbocycles. The monoisotopic (exact) mass is 517 g/mol. The summed E-state index contributed by atoms with van der Waals surface area (Å²) in [6.45, 7) is -0.212. The number of aromatic nitrogens is 5. The average Bonchev–Trinajstić information content (AvgIpc) is 3.35. The van der Waals surface area contributed by atoms with Crippen LogP contribution in [0.5, 0.6) is 0 Å². The van der Waals surface area contributed by atoms with E-state index in [1.807, 2.05) is 0 Å². The van der Waals surface area contributed by atoms with E-state index in [1.54, 1.807) is 0 Å². The lowest BCUT2D eigenvalue weighted by molar-refractivity contribution is -0.207. The van der Waals surface area contributed by atoms with Gasteiger partial charge in [-0.15, -0.1) is 5.10 Å². The Balaban J connectivity index is 1.65. The zero-order chi connectivity index (χ0) is 26.8. The third-order valence-electron chi connectivity index (χ3n) is 5.51. The van der Waals surface area contributed by atoms with Crippen molar-refractivity contribution >= 4 is 0 Å². The summed E-state index contributed by atoms with van der Waals surface area (Å²) in [6, 6.07) is 9.17. The Morgan fingerprint density at radius 3 is 2.16 bits per heavy atom. The van der Waals surface area contributed by atoms with Crippen LogP contribution in [-0.2, 0) is 24.0 Å². The van der Waals surface area contributed by atoms with Gasteiger partial charge in [0.25, 0.3) is 5.92 Å². The molecule has 4 aromatic rings. The van der Waals surface area contributed by atoms with Crippen molar-refractivity contribution in [3.8, 4) is 11.8 Å². The maximum atomic E-state index is 15.7. The molecule has 37 heavy (non-hydrogen) atoms. The van der Waals surface area contributed by atoms with Gasteiger partial charge in [0.2, 0.25) is 0 Å². The van der Waals surface area contributed by atoms with Crippen LogP contribution in [0.3, 0.4) is 0 Å². The highest BCUT2D eigenvalue weighted by atomic mass is 19.3. The molecule has 1 atom stereocenters. The highest BCUT2D eigenvalue weighted by Crippen LogP contribution is 2.46. The molecule has 0 saturated carbocycles. The first-order valence-electron chi connectivity index (χ1n) is 10.6. The molecule has 0 aliphatic rings. The molecule has 2 heterocycles. The van der Waals surface area contributed by atoms with E-state index >= 15 is 8.78 Å². The van der Waals surface area contributed by atoms with Gasteiger partial charge in [-0.05, 0) is 46.8 Å². The van der Waals surface area contributed by atoms with Crippen molar-refractivity contribution in [2.24, 2.45) is 0 Å². The van der Waals surface area contributed by atoms with E-state index in [2.05, 4.69) is 32.4 Å². The molecule has 0 saturated heterocycles. The Morgan fingerprint density at radius 1 is 0.919 bits per heavy atom. The van der Waals surface area contributed by atoms with Gasteiger partial charge in [-0.25, -0.2) is 22.2 Å². The van der Waals surface area contributed by atoms with Crippen molar-refractivity contribution in [2.75, 3.05) is 0 Å². The highest BCUT2D eigenvalue weighted by molar-refractivity contribution is 5.43. The van der Waals surface area contributed by atoms with Gasteiger partial charge in [-0.2, -0.15) is 8.78 Å². The summed E-state index contributed by atoms with van der Waals surface area (Å²) in [5.41, 5.74) is -4.64. The van der Waals surface area contributed by atoms with Crippen molar-refractivity contribution < 1.29 is 31.4 Å². The molecule has 4 rings (SSSR count). The van der Waals surface area contributed by atoms with Gasteiger partial charge < -0.3 is 5.11 Å². The summed E-state index contributed by atoms with van der Waals surface area (Å²) >= 11 is 0. The van der Waals surface area contributed by atoms with E-state index in [-0.39, 0.29) is 11.1 Å². The number of benzene rings is 2. The third kappa shape index (κ3) is 5.31. The lowest BCUT2D eigenvalue weighted by Gasteiger charge is -2.35. The number of hydrogen-bond donors (Lipinski definition) is 1. The second-order valence-corrected chi connectivity index (χ2v) is 8.21. The van der Waals surface area contributed by atoms with Crippen molar-refractivity contribution in [3.05, 3.63) is 107 Å². The fourth-order valence-electron chi connectivity index (χ4n) is 3.52. The molecular formula is C25H17F6N5O. The second-order valence-electron chi connectivity index (χ2n) is 8.21. The zero-order valence-electron chi connectivity index (χ0n) is 19.0. The quantitative estimate of drug-likeness (QED) is 0.300. The predicted octanol–water partition coefficient (Wildman–Crippen LogP) is 4.54. The van der Waals surface area contributed by atoms with Gasteiger partial charge >= 0.3 is 5.92 Å². The summed E-state index contributed by atoms with van der Waals surface area (Å²) in [5, 5.41) is 21.3. The van der Waals surface area contributed by atoms with Crippen molar-refractivity contribution in [1.82, 2.24) is 25.2 Å². The lowest BCUT2D eigenvalue weighted by atomic mass is 9.84. The number of pyridine rings is 1. The van der Waals surface area contributed by atoms with Gasteiger partial charge in [0.05, 0.1) is 6.54 Å². The second kappa shape index (κ2) is 9.67. The van der Waals surface area contributed by atoms with Crippen LogP contribution in [0.4, 0.5) is 26.3 Å². The smallest absolute Gasteiger partial charge is 0.323 e. The number of halogens is 6. The normalized spacial score (nSPS) is 13.5. The number of hydrogen-bond acceptors (Lipinski definition) is 5. The molecule has 6 nitrogen and oxygen atoms in total. The van der Waals surface area contributed by atoms with Crippen LogP contribution in [0.25, 0.3) is 0 Å². The van der Waals surface area contributed by atoms with E-state index in [0.717, 1.165) is 36.3 Å². The number of aliphatic hydroxyl groups is 1. The molecule has 2 aromatic carbocycles. The first-order valence-corrected chi connectivity index (χ1v) is 10.6. The van der Waals surface area contributed by atoms with Gasteiger partial charge in [0.1, 0.15) is 23.7 Å². The Kier molecular flexibility index (Phi) is 6.75. The number of rotatable bonds is 6. The average molecular weight is 517 g/mol.